The van der Waals surface area contributed by atoms with E-state index < -0.39 is 0 Å². The zero-order valence-corrected chi connectivity index (χ0v) is 12.0. The van der Waals surface area contributed by atoms with Gasteiger partial charge in [0.25, 0.3) is 0 Å². The first kappa shape index (κ1) is 12.9. The van der Waals surface area contributed by atoms with Crippen LogP contribution in [0.15, 0.2) is 30.5 Å². The topological polar surface area (TPSA) is 64.7 Å². The predicted molar refractivity (Wildman–Crippen MR) is 81.4 cm³/mol. The minimum atomic E-state index is 0.128. The zero-order valence-electron chi connectivity index (χ0n) is 12.0. The first-order chi connectivity index (χ1) is 9.47. The van der Waals surface area contributed by atoms with Crippen molar-refractivity contribution < 1.29 is 0 Å². The van der Waals surface area contributed by atoms with Gasteiger partial charge >= 0.3 is 0 Å². The highest BCUT2D eigenvalue weighted by Gasteiger charge is 2.14. The van der Waals surface area contributed by atoms with E-state index in [0.717, 1.165) is 16.3 Å². The minimum absolute atomic E-state index is 0.128. The number of hydrogen-bond acceptors (Lipinski definition) is 4. The molecular weight excluding hydrogens is 248 g/mol. The highest BCUT2D eigenvalue weighted by Crippen LogP contribution is 2.26. The van der Waals surface area contributed by atoms with Crippen molar-refractivity contribution in [3.8, 4) is 0 Å². The van der Waals surface area contributed by atoms with Crippen LogP contribution < -0.4 is 5.73 Å². The van der Waals surface area contributed by atoms with Gasteiger partial charge in [-0.05, 0) is 29.2 Å². The molecule has 0 fully saturated rings. The summed E-state index contributed by atoms with van der Waals surface area (Å²) in [5.41, 5.74) is 8.65. The highest BCUT2D eigenvalue weighted by molar-refractivity contribution is 5.91. The summed E-state index contributed by atoms with van der Waals surface area (Å²) in [6.07, 6.45) is 1.79. The SMILES string of the molecule is CC(C)(C)c1ccc2nc3nc(CN)ncc3cc2c1. The van der Waals surface area contributed by atoms with Crippen molar-refractivity contribution in [2.24, 2.45) is 5.73 Å². The number of benzene rings is 1. The summed E-state index contributed by atoms with van der Waals surface area (Å²) in [6, 6.07) is 8.47. The molecule has 20 heavy (non-hydrogen) atoms. The van der Waals surface area contributed by atoms with E-state index in [1.807, 2.05) is 0 Å². The second-order valence-corrected chi connectivity index (χ2v) is 6.05. The lowest BCUT2D eigenvalue weighted by Crippen LogP contribution is -2.10. The van der Waals surface area contributed by atoms with Crippen LogP contribution in [0.2, 0.25) is 0 Å². The third-order valence-electron chi connectivity index (χ3n) is 3.46. The molecule has 0 aliphatic heterocycles. The van der Waals surface area contributed by atoms with Gasteiger partial charge in [-0.3, -0.25) is 0 Å². The van der Waals surface area contributed by atoms with Gasteiger partial charge < -0.3 is 5.73 Å². The maximum absolute atomic E-state index is 5.57. The van der Waals surface area contributed by atoms with Crippen molar-refractivity contribution in [3.05, 3.63) is 41.9 Å². The Labute approximate surface area is 118 Å². The van der Waals surface area contributed by atoms with Gasteiger partial charge in [-0.15, -0.1) is 0 Å². The summed E-state index contributed by atoms with van der Waals surface area (Å²) < 4.78 is 0. The first-order valence-corrected chi connectivity index (χ1v) is 6.74. The van der Waals surface area contributed by atoms with Crippen molar-refractivity contribution in [2.75, 3.05) is 0 Å². The lowest BCUT2D eigenvalue weighted by molar-refractivity contribution is 0.591. The van der Waals surface area contributed by atoms with E-state index >= 15 is 0 Å². The fourth-order valence-electron chi connectivity index (χ4n) is 2.23. The summed E-state index contributed by atoms with van der Waals surface area (Å²) >= 11 is 0. The van der Waals surface area contributed by atoms with Crippen LogP contribution >= 0.6 is 0 Å². The van der Waals surface area contributed by atoms with Gasteiger partial charge in [0.05, 0.1) is 12.1 Å². The number of aromatic nitrogens is 3. The van der Waals surface area contributed by atoms with Crippen molar-refractivity contribution in [2.45, 2.75) is 32.7 Å². The van der Waals surface area contributed by atoms with Gasteiger partial charge in [0, 0.05) is 17.0 Å². The lowest BCUT2D eigenvalue weighted by atomic mass is 9.86. The van der Waals surface area contributed by atoms with Crippen LogP contribution in [-0.2, 0) is 12.0 Å². The molecule has 4 nitrogen and oxygen atoms in total. The first-order valence-electron chi connectivity index (χ1n) is 6.74. The molecule has 1 aromatic carbocycles. The van der Waals surface area contributed by atoms with Gasteiger partial charge in [-0.1, -0.05) is 26.8 Å². The summed E-state index contributed by atoms with van der Waals surface area (Å²) in [7, 11) is 0. The summed E-state index contributed by atoms with van der Waals surface area (Å²) in [5, 5.41) is 2.06. The molecule has 0 aliphatic carbocycles. The molecule has 102 valence electrons. The predicted octanol–water partition coefficient (Wildman–Crippen LogP) is 2.93. The van der Waals surface area contributed by atoms with Gasteiger partial charge in [0.1, 0.15) is 5.82 Å². The van der Waals surface area contributed by atoms with E-state index in [1.54, 1.807) is 6.20 Å². The van der Waals surface area contributed by atoms with E-state index in [0.29, 0.717) is 18.0 Å². The molecule has 0 radical (unpaired) electrons. The van der Waals surface area contributed by atoms with Crippen molar-refractivity contribution in [3.63, 3.8) is 0 Å². The fourth-order valence-corrected chi connectivity index (χ4v) is 2.23. The summed E-state index contributed by atoms with van der Waals surface area (Å²) in [6.45, 7) is 6.95. The van der Waals surface area contributed by atoms with Crippen LogP contribution in [0.4, 0.5) is 0 Å². The second-order valence-electron chi connectivity index (χ2n) is 6.05. The molecule has 0 spiro atoms. The molecule has 2 N–H and O–H groups in total. The van der Waals surface area contributed by atoms with Gasteiger partial charge in [-0.25, -0.2) is 15.0 Å². The highest BCUT2D eigenvalue weighted by atomic mass is 14.9. The average molecular weight is 266 g/mol. The van der Waals surface area contributed by atoms with Crippen LogP contribution in [0.25, 0.3) is 21.9 Å². The van der Waals surface area contributed by atoms with Crippen molar-refractivity contribution in [1.29, 1.82) is 0 Å². The molecule has 4 heteroatoms. The van der Waals surface area contributed by atoms with E-state index in [9.17, 15) is 0 Å². The molecule has 2 heterocycles. The van der Waals surface area contributed by atoms with Crippen LogP contribution in [0, 0.1) is 0 Å². The van der Waals surface area contributed by atoms with Crippen LogP contribution in [0.5, 0.6) is 0 Å². The van der Waals surface area contributed by atoms with Crippen molar-refractivity contribution >= 4 is 21.9 Å². The number of nitrogens with two attached hydrogens (primary N) is 1. The van der Waals surface area contributed by atoms with E-state index in [4.69, 9.17) is 5.73 Å². The molecular formula is C16H18N4. The number of hydrogen-bond donors (Lipinski definition) is 1. The average Bonchev–Trinajstić information content (AvgIpc) is 2.42. The quantitative estimate of drug-likeness (QED) is 0.688. The third kappa shape index (κ3) is 2.23. The Morgan fingerprint density at radius 1 is 1.05 bits per heavy atom. The summed E-state index contributed by atoms with van der Waals surface area (Å²) in [5.74, 6) is 0.621. The van der Waals surface area contributed by atoms with Crippen LogP contribution in [0.3, 0.4) is 0 Å². The Hall–Kier alpha value is -2.07. The number of fused-ring (bicyclic) bond motifs is 2. The molecule has 0 unspecified atom stereocenters. The largest absolute Gasteiger partial charge is 0.324 e. The molecule has 0 atom stereocenters. The second kappa shape index (κ2) is 4.49. The molecule has 0 saturated heterocycles. The smallest absolute Gasteiger partial charge is 0.163 e. The normalized spacial score (nSPS) is 12.2. The Morgan fingerprint density at radius 2 is 1.85 bits per heavy atom. The minimum Gasteiger partial charge on any atom is -0.324 e. The third-order valence-corrected chi connectivity index (χ3v) is 3.46. The number of nitrogens with zero attached hydrogens (tertiary/aromatic N) is 3. The maximum Gasteiger partial charge on any atom is 0.163 e. The van der Waals surface area contributed by atoms with E-state index in [2.05, 4.69) is 60.0 Å². The zero-order chi connectivity index (χ0) is 14.3. The summed E-state index contributed by atoms with van der Waals surface area (Å²) in [4.78, 5) is 13.2. The van der Waals surface area contributed by atoms with E-state index in [1.165, 1.54) is 5.56 Å². The lowest BCUT2D eigenvalue weighted by Gasteiger charge is -2.19. The Balaban J connectivity index is 2.24. The number of pyridine rings is 1. The Kier molecular flexibility index (Phi) is 2.91. The monoisotopic (exact) mass is 266 g/mol. The molecule has 0 amide bonds. The van der Waals surface area contributed by atoms with Gasteiger partial charge in [0.15, 0.2) is 5.65 Å². The molecule has 2 aromatic heterocycles. The van der Waals surface area contributed by atoms with Gasteiger partial charge in [0.2, 0.25) is 0 Å². The Bertz CT molecular complexity index is 787. The molecule has 0 bridgehead atoms. The fraction of sp³-hybridized carbons (Fsp3) is 0.312. The molecule has 0 aliphatic rings. The van der Waals surface area contributed by atoms with Crippen LogP contribution in [0.1, 0.15) is 32.2 Å². The van der Waals surface area contributed by atoms with Crippen LogP contribution in [-0.4, -0.2) is 15.0 Å². The van der Waals surface area contributed by atoms with Crippen molar-refractivity contribution in [1.82, 2.24) is 15.0 Å². The maximum atomic E-state index is 5.57. The Morgan fingerprint density at radius 3 is 2.55 bits per heavy atom. The molecule has 3 aromatic rings. The van der Waals surface area contributed by atoms with E-state index in [-0.39, 0.29) is 5.41 Å². The standard InChI is InChI=1S/C16H18N4/c1-16(2,3)12-4-5-13-10(7-12)6-11-9-18-14(8-17)20-15(11)19-13/h4-7,9H,8,17H2,1-3H3. The molecule has 0 saturated carbocycles. The number of rotatable bonds is 1. The van der Waals surface area contributed by atoms with Gasteiger partial charge in [-0.2, -0.15) is 0 Å². The molecule has 3 rings (SSSR count).